The van der Waals surface area contributed by atoms with Gasteiger partial charge in [0.25, 0.3) is 5.89 Å². The second-order valence-corrected chi connectivity index (χ2v) is 6.47. The molecule has 0 fully saturated rings. The molecule has 0 spiro atoms. The van der Waals surface area contributed by atoms with Crippen molar-refractivity contribution in [3.05, 3.63) is 46.9 Å². The van der Waals surface area contributed by atoms with Gasteiger partial charge in [0.2, 0.25) is 5.91 Å². The molecule has 8 heteroatoms. The Balaban J connectivity index is 1.47. The number of thiophene rings is 1. The molecule has 2 heterocycles. The summed E-state index contributed by atoms with van der Waals surface area (Å²) in [5.74, 6) is 0.468. The van der Waals surface area contributed by atoms with Gasteiger partial charge in [0.15, 0.2) is 0 Å². The van der Waals surface area contributed by atoms with Gasteiger partial charge in [-0.1, -0.05) is 5.10 Å². The standard InChI is InChI=1S/C15H12FN3O2S2/c16-11-1-3-12(4-2-11)23-8-6-13(20)17-15-19-18-14(21-15)10-5-7-22-9-10/h1-5,7,9H,6,8H2,(H,17,19,20). The van der Waals surface area contributed by atoms with Crippen LogP contribution in [-0.2, 0) is 4.79 Å². The van der Waals surface area contributed by atoms with Crippen LogP contribution in [0, 0.1) is 5.82 Å². The second kappa shape index (κ2) is 7.38. The van der Waals surface area contributed by atoms with Crippen molar-refractivity contribution in [2.45, 2.75) is 11.3 Å². The van der Waals surface area contributed by atoms with Crippen LogP contribution in [0.1, 0.15) is 6.42 Å². The number of aromatic nitrogens is 2. The smallest absolute Gasteiger partial charge is 0.322 e. The summed E-state index contributed by atoms with van der Waals surface area (Å²) in [6, 6.07) is 8.11. The zero-order valence-corrected chi connectivity index (χ0v) is 13.5. The molecule has 0 bridgehead atoms. The molecule has 0 atom stereocenters. The Labute approximate surface area is 139 Å². The number of rotatable bonds is 6. The normalized spacial score (nSPS) is 10.7. The molecule has 0 radical (unpaired) electrons. The van der Waals surface area contributed by atoms with Crippen LogP contribution in [0.4, 0.5) is 10.4 Å². The molecule has 118 valence electrons. The highest BCUT2D eigenvalue weighted by Crippen LogP contribution is 2.22. The third-order valence-electron chi connectivity index (χ3n) is 2.85. The van der Waals surface area contributed by atoms with E-state index in [9.17, 15) is 9.18 Å². The van der Waals surface area contributed by atoms with Gasteiger partial charge in [-0.15, -0.1) is 16.9 Å². The number of carbonyl (C=O) groups excluding carboxylic acids is 1. The number of amides is 1. The summed E-state index contributed by atoms with van der Waals surface area (Å²) < 4.78 is 18.2. The SMILES string of the molecule is O=C(CCSc1ccc(F)cc1)Nc1nnc(-c2ccsc2)o1. The molecule has 0 aliphatic heterocycles. The fourth-order valence-electron chi connectivity index (χ4n) is 1.75. The number of hydrogen-bond donors (Lipinski definition) is 1. The molecule has 0 aliphatic carbocycles. The van der Waals surface area contributed by atoms with Gasteiger partial charge in [0, 0.05) is 28.0 Å². The Morgan fingerprint density at radius 1 is 1.26 bits per heavy atom. The Kier molecular flexibility index (Phi) is 5.04. The zero-order valence-electron chi connectivity index (χ0n) is 11.9. The van der Waals surface area contributed by atoms with E-state index in [0.29, 0.717) is 11.6 Å². The lowest BCUT2D eigenvalue weighted by Crippen LogP contribution is -2.12. The van der Waals surface area contributed by atoms with Gasteiger partial charge in [-0.2, -0.15) is 11.3 Å². The summed E-state index contributed by atoms with van der Waals surface area (Å²) >= 11 is 3.00. The van der Waals surface area contributed by atoms with Gasteiger partial charge in [0.1, 0.15) is 5.82 Å². The van der Waals surface area contributed by atoms with E-state index in [1.165, 1.54) is 35.2 Å². The topological polar surface area (TPSA) is 68.0 Å². The number of benzene rings is 1. The maximum Gasteiger partial charge on any atom is 0.322 e. The number of thioether (sulfide) groups is 1. The summed E-state index contributed by atoms with van der Waals surface area (Å²) in [7, 11) is 0. The van der Waals surface area contributed by atoms with Gasteiger partial charge in [-0.25, -0.2) is 4.39 Å². The Bertz CT molecular complexity index is 772. The minimum atomic E-state index is -0.273. The molecule has 3 aromatic rings. The van der Waals surface area contributed by atoms with Crippen molar-refractivity contribution in [1.82, 2.24) is 10.2 Å². The number of carbonyl (C=O) groups is 1. The molecule has 23 heavy (non-hydrogen) atoms. The molecule has 1 amide bonds. The number of anilines is 1. The van der Waals surface area contributed by atoms with E-state index in [-0.39, 0.29) is 24.2 Å². The first-order chi connectivity index (χ1) is 11.2. The molecule has 0 aliphatic rings. The number of hydrogen-bond acceptors (Lipinski definition) is 6. The lowest BCUT2D eigenvalue weighted by atomic mass is 10.3. The van der Waals surface area contributed by atoms with Crippen LogP contribution in [-0.4, -0.2) is 21.9 Å². The fraction of sp³-hybridized carbons (Fsp3) is 0.133. The van der Waals surface area contributed by atoms with Crippen molar-refractivity contribution in [1.29, 1.82) is 0 Å². The predicted octanol–water partition coefficient (Wildman–Crippen LogP) is 4.06. The van der Waals surface area contributed by atoms with Gasteiger partial charge < -0.3 is 4.42 Å². The third-order valence-corrected chi connectivity index (χ3v) is 4.55. The molecular weight excluding hydrogens is 337 g/mol. The fourth-order valence-corrected chi connectivity index (χ4v) is 3.23. The minimum Gasteiger partial charge on any atom is -0.403 e. The highest BCUT2D eigenvalue weighted by molar-refractivity contribution is 7.99. The van der Waals surface area contributed by atoms with Crippen LogP contribution in [0.3, 0.4) is 0 Å². The van der Waals surface area contributed by atoms with E-state index in [1.54, 1.807) is 12.1 Å². The maximum absolute atomic E-state index is 12.8. The van der Waals surface area contributed by atoms with Crippen molar-refractivity contribution in [3.8, 4) is 11.5 Å². The summed E-state index contributed by atoms with van der Waals surface area (Å²) in [5.41, 5.74) is 0.829. The monoisotopic (exact) mass is 349 g/mol. The van der Waals surface area contributed by atoms with Gasteiger partial charge in [-0.05, 0) is 35.7 Å². The predicted molar refractivity (Wildman–Crippen MR) is 88.0 cm³/mol. The van der Waals surface area contributed by atoms with E-state index in [0.717, 1.165) is 10.5 Å². The lowest BCUT2D eigenvalue weighted by molar-refractivity contribution is -0.115. The highest BCUT2D eigenvalue weighted by atomic mass is 32.2. The van der Waals surface area contributed by atoms with Crippen molar-refractivity contribution in [3.63, 3.8) is 0 Å². The first-order valence-electron chi connectivity index (χ1n) is 6.75. The quantitative estimate of drug-likeness (QED) is 0.680. The molecule has 0 saturated carbocycles. The van der Waals surface area contributed by atoms with Crippen LogP contribution in [0.2, 0.25) is 0 Å². The lowest BCUT2D eigenvalue weighted by Gasteiger charge is -2.01. The Hall–Kier alpha value is -2.19. The number of nitrogens with zero attached hydrogens (tertiary/aromatic N) is 2. The Morgan fingerprint density at radius 3 is 2.83 bits per heavy atom. The van der Waals surface area contributed by atoms with E-state index in [4.69, 9.17) is 4.42 Å². The molecular formula is C15H12FN3O2S2. The van der Waals surface area contributed by atoms with Gasteiger partial charge in [0.05, 0.1) is 0 Å². The Morgan fingerprint density at radius 2 is 2.09 bits per heavy atom. The molecule has 1 aromatic carbocycles. The molecule has 0 unspecified atom stereocenters. The van der Waals surface area contributed by atoms with Crippen LogP contribution in [0.5, 0.6) is 0 Å². The van der Waals surface area contributed by atoms with Crippen molar-refractivity contribution in [2.75, 3.05) is 11.1 Å². The van der Waals surface area contributed by atoms with E-state index >= 15 is 0 Å². The summed E-state index contributed by atoms with van der Waals surface area (Å²) in [6.07, 6.45) is 0.290. The average Bonchev–Trinajstić information content (AvgIpc) is 3.20. The number of halogens is 1. The molecule has 3 rings (SSSR count). The van der Waals surface area contributed by atoms with Crippen molar-refractivity contribution >= 4 is 35.0 Å². The maximum atomic E-state index is 12.8. The third kappa shape index (κ3) is 4.40. The van der Waals surface area contributed by atoms with Crippen LogP contribution in [0.15, 0.2) is 50.4 Å². The number of nitrogens with one attached hydrogen (secondary N) is 1. The summed E-state index contributed by atoms with van der Waals surface area (Å²) in [4.78, 5) is 12.8. The first-order valence-corrected chi connectivity index (χ1v) is 8.68. The first kappa shape index (κ1) is 15.7. The molecule has 0 saturated heterocycles. The van der Waals surface area contributed by atoms with Gasteiger partial charge in [-0.3, -0.25) is 10.1 Å². The second-order valence-electron chi connectivity index (χ2n) is 4.52. The van der Waals surface area contributed by atoms with Crippen molar-refractivity contribution < 1.29 is 13.6 Å². The summed E-state index contributed by atoms with van der Waals surface area (Å²) in [5, 5.41) is 14.0. The van der Waals surface area contributed by atoms with Crippen molar-refractivity contribution in [2.24, 2.45) is 0 Å². The molecule has 1 N–H and O–H groups in total. The van der Waals surface area contributed by atoms with Crippen LogP contribution >= 0.6 is 23.1 Å². The van der Waals surface area contributed by atoms with Crippen LogP contribution in [0.25, 0.3) is 11.5 Å². The summed E-state index contributed by atoms with van der Waals surface area (Å²) in [6.45, 7) is 0. The molecule has 5 nitrogen and oxygen atoms in total. The minimum absolute atomic E-state index is 0.0861. The average molecular weight is 349 g/mol. The van der Waals surface area contributed by atoms with E-state index in [1.807, 2.05) is 16.8 Å². The molecule has 2 aromatic heterocycles. The van der Waals surface area contributed by atoms with Gasteiger partial charge >= 0.3 is 6.01 Å². The zero-order chi connectivity index (χ0) is 16.1. The van der Waals surface area contributed by atoms with E-state index in [2.05, 4.69) is 15.5 Å². The highest BCUT2D eigenvalue weighted by Gasteiger charge is 2.11. The largest absolute Gasteiger partial charge is 0.403 e. The van der Waals surface area contributed by atoms with Crippen LogP contribution < -0.4 is 5.32 Å². The van der Waals surface area contributed by atoms with E-state index < -0.39 is 0 Å².